The number of nitrogens with two attached hydrogens (primary N) is 1. The van der Waals surface area contributed by atoms with Crippen molar-refractivity contribution in [2.24, 2.45) is 0 Å². The van der Waals surface area contributed by atoms with Crippen molar-refractivity contribution in [2.75, 3.05) is 5.73 Å². The van der Waals surface area contributed by atoms with Gasteiger partial charge in [-0.15, -0.1) is 0 Å². The molecule has 0 fully saturated rings. The molecule has 2 aromatic rings. The minimum Gasteiger partial charge on any atom is -0.508 e. The normalized spacial score (nSPS) is 10.3. The van der Waals surface area contributed by atoms with Gasteiger partial charge < -0.3 is 10.8 Å². The van der Waals surface area contributed by atoms with Crippen molar-refractivity contribution in [3.05, 3.63) is 59.4 Å². The van der Waals surface area contributed by atoms with E-state index in [0.29, 0.717) is 12.1 Å². The summed E-state index contributed by atoms with van der Waals surface area (Å²) in [4.78, 5) is 0. The van der Waals surface area contributed by atoms with E-state index in [0.717, 1.165) is 11.1 Å². The number of hydrogen-bond acceptors (Lipinski definition) is 2. The molecular formula is C13H12FNO. The molecule has 0 spiro atoms. The monoisotopic (exact) mass is 217 g/mol. The van der Waals surface area contributed by atoms with Crippen molar-refractivity contribution in [3.63, 3.8) is 0 Å². The highest BCUT2D eigenvalue weighted by atomic mass is 19.1. The SMILES string of the molecule is Nc1cc(F)ccc1Cc1cccc(O)c1. The Morgan fingerprint density at radius 1 is 1.12 bits per heavy atom. The van der Waals surface area contributed by atoms with Gasteiger partial charge in [0, 0.05) is 5.69 Å². The summed E-state index contributed by atoms with van der Waals surface area (Å²) in [6.07, 6.45) is 0.584. The average Bonchev–Trinajstić information content (AvgIpc) is 2.22. The lowest BCUT2D eigenvalue weighted by Crippen LogP contribution is -1.96. The molecule has 82 valence electrons. The Kier molecular flexibility index (Phi) is 2.77. The molecule has 0 amide bonds. The minimum atomic E-state index is -0.336. The Balaban J connectivity index is 2.27. The van der Waals surface area contributed by atoms with Crippen LogP contribution in [-0.4, -0.2) is 5.11 Å². The molecule has 0 bridgehead atoms. The van der Waals surface area contributed by atoms with Crippen molar-refractivity contribution in [1.82, 2.24) is 0 Å². The third kappa shape index (κ3) is 2.31. The highest BCUT2D eigenvalue weighted by Gasteiger charge is 2.02. The van der Waals surface area contributed by atoms with E-state index < -0.39 is 0 Å². The quantitative estimate of drug-likeness (QED) is 0.760. The third-order valence-corrected chi connectivity index (χ3v) is 2.41. The molecular weight excluding hydrogens is 205 g/mol. The zero-order valence-electron chi connectivity index (χ0n) is 8.65. The van der Waals surface area contributed by atoms with E-state index in [9.17, 15) is 9.50 Å². The first-order valence-electron chi connectivity index (χ1n) is 4.97. The number of aromatic hydroxyl groups is 1. The lowest BCUT2D eigenvalue weighted by atomic mass is 10.0. The van der Waals surface area contributed by atoms with Crippen LogP contribution in [0.1, 0.15) is 11.1 Å². The summed E-state index contributed by atoms with van der Waals surface area (Å²) in [5.41, 5.74) is 7.94. The lowest BCUT2D eigenvalue weighted by molar-refractivity contribution is 0.474. The van der Waals surface area contributed by atoms with Crippen molar-refractivity contribution >= 4 is 5.69 Å². The van der Waals surface area contributed by atoms with Gasteiger partial charge in [-0.05, 0) is 41.8 Å². The molecule has 0 aromatic heterocycles. The molecule has 0 saturated carbocycles. The highest BCUT2D eigenvalue weighted by Crippen LogP contribution is 2.19. The van der Waals surface area contributed by atoms with Crippen LogP contribution < -0.4 is 5.73 Å². The molecule has 0 saturated heterocycles. The summed E-state index contributed by atoms with van der Waals surface area (Å²) in [7, 11) is 0. The van der Waals surface area contributed by atoms with Crippen LogP contribution in [0.5, 0.6) is 5.75 Å². The van der Waals surface area contributed by atoms with Crippen LogP contribution in [0, 0.1) is 5.82 Å². The second kappa shape index (κ2) is 4.23. The van der Waals surface area contributed by atoms with E-state index in [1.54, 1.807) is 24.3 Å². The van der Waals surface area contributed by atoms with E-state index in [2.05, 4.69) is 0 Å². The first-order chi connectivity index (χ1) is 7.65. The number of anilines is 1. The molecule has 0 radical (unpaired) electrons. The van der Waals surface area contributed by atoms with Crippen LogP contribution in [0.2, 0.25) is 0 Å². The highest BCUT2D eigenvalue weighted by molar-refractivity contribution is 5.49. The molecule has 2 aromatic carbocycles. The van der Waals surface area contributed by atoms with Gasteiger partial charge in [0.1, 0.15) is 11.6 Å². The molecule has 16 heavy (non-hydrogen) atoms. The second-order valence-electron chi connectivity index (χ2n) is 3.69. The largest absolute Gasteiger partial charge is 0.508 e. The standard InChI is InChI=1S/C13H12FNO/c14-11-5-4-10(13(15)8-11)6-9-2-1-3-12(16)7-9/h1-5,7-8,16H,6,15H2. The average molecular weight is 217 g/mol. The molecule has 3 N–H and O–H groups in total. The Morgan fingerprint density at radius 2 is 1.94 bits per heavy atom. The van der Waals surface area contributed by atoms with Crippen LogP contribution in [0.15, 0.2) is 42.5 Å². The van der Waals surface area contributed by atoms with Gasteiger partial charge >= 0.3 is 0 Å². The zero-order valence-corrected chi connectivity index (χ0v) is 8.65. The number of nitrogen functional groups attached to an aromatic ring is 1. The molecule has 2 rings (SSSR count). The summed E-state index contributed by atoms with van der Waals surface area (Å²) in [5, 5.41) is 9.31. The summed E-state index contributed by atoms with van der Waals surface area (Å²) >= 11 is 0. The summed E-state index contributed by atoms with van der Waals surface area (Å²) < 4.78 is 12.8. The number of benzene rings is 2. The van der Waals surface area contributed by atoms with E-state index in [1.165, 1.54) is 12.1 Å². The Bertz CT molecular complexity index is 511. The Morgan fingerprint density at radius 3 is 2.62 bits per heavy atom. The van der Waals surface area contributed by atoms with E-state index in [-0.39, 0.29) is 11.6 Å². The number of rotatable bonds is 2. The van der Waals surface area contributed by atoms with Crippen molar-refractivity contribution in [3.8, 4) is 5.75 Å². The van der Waals surface area contributed by atoms with Crippen LogP contribution in [-0.2, 0) is 6.42 Å². The number of halogens is 1. The number of hydrogen-bond donors (Lipinski definition) is 2. The van der Waals surface area contributed by atoms with Gasteiger partial charge in [0.15, 0.2) is 0 Å². The molecule has 0 aliphatic rings. The molecule has 0 aliphatic carbocycles. The minimum absolute atomic E-state index is 0.221. The molecule has 0 aliphatic heterocycles. The maximum Gasteiger partial charge on any atom is 0.125 e. The first kappa shape index (κ1) is 10.5. The Labute approximate surface area is 93.2 Å². The summed E-state index contributed by atoms with van der Waals surface area (Å²) in [5.74, 6) is -0.115. The van der Waals surface area contributed by atoms with Gasteiger partial charge in [0.25, 0.3) is 0 Å². The van der Waals surface area contributed by atoms with Crippen molar-refractivity contribution in [1.29, 1.82) is 0 Å². The molecule has 2 nitrogen and oxygen atoms in total. The van der Waals surface area contributed by atoms with E-state index in [4.69, 9.17) is 5.73 Å². The lowest BCUT2D eigenvalue weighted by Gasteiger charge is -2.06. The third-order valence-electron chi connectivity index (χ3n) is 2.41. The fourth-order valence-corrected chi connectivity index (χ4v) is 1.61. The maximum absolute atomic E-state index is 12.8. The van der Waals surface area contributed by atoms with Crippen LogP contribution in [0.3, 0.4) is 0 Å². The van der Waals surface area contributed by atoms with Crippen LogP contribution in [0.4, 0.5) is 10.1 Å². The predicted octanol–water partition coefficient (Wildman–Crippen LogP) is 2.70. The van der Waals surface area contributed by atoms with Gasteiger partial charge in [0.2, 0.25) is 0 Å². The van der Waals surface area contributed by atoms with E-state index >= 15 is 0 Å². The molecule has 3 heteroatoms. The molecule has 0 atom stereocenters. The first-order valence-corrected chi connectivity index (χ1v) is 4.97. The topological polar surface area (TPSA) is 46.2 Å². The van der Waals surface area contributed by atoms with Crippen molar-refractivity contribution < 1.29 is 9.50 Å². The van der Waals surface area contributed by atoms with Crippen molar-refractivity contribution in [2.45, 2.75) is 6.42 Å². The predicted molar refractivity (Wildman–Crippen MR) is 61.7 cm³/mol. The van der Waals surface area contributed by atoms with Gasteiger partial charge in [-0.25, -0.2) is 4.39 Å². The van der Waals surface area contributed by atoms with Crippen LogP contribution >= 0.6 is 0 Å². The second-order valence-corrected chi connectivity index (χ2v) is 3.69. The zero-order chi connectivity index (χ0) is 11.5. The fourth-order valence-electron chi connectivity index (χ4n) is 1.61. The molecule has 0 unspecified atom stereocenters. The summed E-state index contributed by atoms with van der Waals surface area (Å²) in [6.45, 7) is 0. The van der Waals surface area contributed by atoms with E-state index in [1.807, 2.05) is 6.07 Å². The van der Waals surface area contributed by atoms with Gasteiger partial charge in [0.05, 0.1) is 0 Å². The van der Waals surface area contributed by atoms with Gasteiger partial charge in [-0.1, -0.05) is 18.2 Å². The summed E-state index contributed by atoms with van der Waals surface area (Å²) in [6, 6.07) is 11.3. The smallest absolute Gasteiger partial charge is 0.125 e. The maximum atomic E-state index is 12.8. The number of phenolic OH excluding ortho intramolecular Hbond substituents is 1. The molecule has 0 heterocycles. The number of phenols is 1. The Hall–Kier alpha value is -2.03. The van der Waals surface area contributed by atoms with Gasteiger partial charge in [-0.3, -0.25) is 0 Å². The fraction of sp³-hybridized carbons (Fsp3) is 0.0769. The van der Waals surface area contributed by atoms with Crippen LogP contribution in [0.25, 0.3) is 0 Å². The van der Waals surface area contributed by atoms with Gasteiger partial charge in [-0.2, -0.15) is 0 Å².